The molecule has 1 heteroatoms. The normalized spacial score (nSPS) is 16.4. The van der Waals surface area contributed by atoms with Crippen LogP contribution >= 0.6 is 0 Å². The second-order valence-corrected chi connectivity index (χ2v) is 4.14. The molecule has 0 saturated carbocycles. The van der Waals surface area contributed by atoms with Crippen molar-refractivity contribution in [2.45, 2.75) is 40.0 Å². The van der Waals surface area contributed by atoms with Crippen molar-refractivity contribution in [1.29, 1.82) is 0 Å². The Bertz CT molecular complexity index is 411. The summed E-state index contributed by atoms with van der Waals surface area (Å²) >= 11 is 0. The third-order valence-corrected chi connectivity index (χ3v) is 2.78. The van der Waals surface area contributed by atoms with Gasteiger partial charge in [-0.1, -0.05) is 52.0 Å². The van der Waals surface area contributed by atoms with E-state index in [4.69, 9.17) is 0 Å². The molecule has 1 aliphatic heterocycles. The highest BCUT2D eigenvalue weighted by atomic mass is 14.8. The number of hydrogen-bond acceptors (Lipinski definition) is 1. The molecule has 0 unspecified atom stereocenters. The summed E-state index contributed by atoms with van der Waals surface area (Å²) in [6.45, 7) is 10.5. The molecule has 0 fully saturated rings. The zero-order chi connectivity index (χ0) is 12.2. The van der Waals surface area contributed by atoms with Gasteiger partial charge in [0.2, 0.25) is 0 Å². The fraction of sp³-hybridized carbons (Fsp3) is 0.400. The molecule has 1 aromatic carbocycles. The average molecular weight is 215 g/mol. The molecule has 86 valence electrons. The highest BCUT2D eigenvalue weighted by Gasteiger charge is 2.32. The van der Waals surface area contributed by atoms with Gasteiger partial charge >= 0.3 is 0 Å². The summed E-state index contributed by atoms with van der Waals surface area (Å²) in [5, 5.41) is 0. The Labute approximate surface area is 98.9 Å². The number of benzene rings is 1. The summed E-state index contributed by atoms with van der Waals surface area (Å²) in [5.74, 6) is 0. The molecule has 16 heavy (non-hydrogen) atoms. The van der Waals surface area contributed by atoms with Crippen LogP contribution in [0.4, 0.5) is 5.69 Å². The summed E-state index contributed by atoms with van der Waals surface area (Å²) in [7, 11) is 0. The number of nitrogens with zero attached hydrogens (tertiary/aromatic N) is 1. The second kappa shape index (κ2) is 5.11. The van der Waals surface area contributed by atoms with Crippen LogP contribution in [-0.4, -0.2) is 5.71 Å². The van der Waals surface area contributed by atoms with Gasteiger partial charge in [-0.05, 0) is 24.6 Å². The highest BCUT2D eigenvalue weighted by molar-refractivity contribution is 6.08. The smallest absolute Gasteiger partial charge is 0.0674 e. The van der Waals surface area contributed by atoms with Gasteiger partial charge in [-0.15, -0.1) is 0 Å². The van der Waals surface area contributed by atoms with Crippen LogP contribution in [-0.2, 0) is 5.41 Å². The molecule has 0 amide bonds. The summed E-state index contributed by atoms with van der Waals surface area (Å²) in [6.07, 6.45) is 4.15. The van der Waals surface area contributed by atoms with E-state index in [-0.39, 0.29) is 5.41 Å². The Kier molecular flexibility index (Phi) is 4.05. The van der Waals surface area contributed by atoms with Crippen molar-refractivity contribution in [2.75, 3.05) is 0 Å². The van der Waals surface area contributed by atoms with Crippen LogP contribution in [0.3, 0.4) is 0 Å². The summed E-state index contributed by atoms with van der Waals surface area (Å²) in [6, 6.07) is 8.36. The van der Waals surface area contributed by atoms with E-state index in [1.165, 1.54) is 5.56 Å². The van der Waals surface area contributed by atoms with Crippen LogP contribution < -0.4 is 0 Å². The van der Waals surface area contributed by atoms with E-state index in [0.29, 0.717) is 0 Å². The quantitative estimate of drug-likeness (QED) is 0.646. The summed E-state index contributed by atoms with van der Waals surface area (Å²) in [4.78, 5) is 4.62. The number of fused-ring (bicyclic) bond motifs is 1. The van der Waals surface area contributed by atoms with E-state index >= 15 is 0 Å². The zero-order valence-corrected chi connectivity index (χ0v) is 10.9. The number of allylic oxidation sites excluding steroid dienone is 2. The van der Waals surface area contributed by atoms with Gasteiger partial charge < -0.3 is 0 Å². The van der Waals surface area contributed by atoms with Gasteiger partial charge in [-0.3, -0.25) is 4.99 Å². The maximum atomic E-state index is 4.62. The molecule has 0 spiro atoms. The van der Waals surface area contributed by atoms with Gasteiger partial charge in [0.15, 0.2) is 0 Å². The minimum absolute atomic E-state index is 0.0586. The van der Waals surface area contributed by atoms with E-state index in [1.807, 2.05) is 32.9 Å². The molecular formula is C15H21N. The average Bonchev–Trinajstić information content (AvgIpc) is 2.55. The molecular weight excluding hydrogens is 194 g/mol. The SMILES string of the molecule is C/C=C/C1=Nc2ccccc2C1(C)C.CC. The first-order valence-electron chi connectivity index (χ1n) is 5.97. The molecule has 0 atom stereocenters. The van der Waals surface area contributed by atoms with Crippen LogP contribution in [0, 0.1) is 0 Å². The Balaban J connectivity index is 0.000000606. The molecule has 0 radical (unpaired) electrons. The summed E-state index contributed by atoms with van der Waals surface area (Å²) in [5.41, 5.74) is 3.66. The largest absolute Gasteiger partial charge is 0.252 e. The molecule has 0 aliphatic carbocycles. The van der Waals surface area contributed by atoms with Crippen molar-refractivity contribution in [3.63, 3.8) is 0 Å². The van der Waals surface area contributed by atoms with Crippen molar-refractivity contribution in [1.82, 2.24) is 0 Å². The molecule has 1 heterocycles. The minimum Gasteiger partial charge on any atom is -0.252 e. The molecule has 0 N–H and O–H groups in total. The van der Waals surface area contributed by atoms with Crippen molar-refractivity contribution >= 4 is 11.4 Å². The van der Waals surface area contributed by atoms with Crippen molar-refractivity contribution in [3.05, 3.63) is 42.0 Å². The molecule has 1 aliphatic rings. The standard InChI is InChI=1S/C13H15N.C2H6/c1-4-7-12-13(2,3)10-8-5-6-9-11(10)14-12;1-2/h4-9H,1-3H3;1-2H3/b7-4+;. The van der Waals surface area contributed by atoms with Gasteiger partial charge in [0.1, 0.15) is 0 Å². The molecule has 2 rings (SSSR count). The lowest BCUT2D eigenvalue weighted by atomic mass is 9.81. The minimum atomic E-state index is 0.0586. The van der Waals surface area contributed by atoms with Crippen molar-refractivity contribution in [2.24, 2.45) is 4.99 Å². The predicted molar refractivity (Wildman–Crippen MR) is 72.7 cm³/mol. The first kappa shape index (κ1) is 12.7. The lowest BCUT2D eigenvalue weighted by Gasteiger charge is -2.19. The van der Waals surface area contributed by atoms with E-state index in [2.05, 4.69) is 43.1 Å². The van der Waals surface area contributed by atoms with Gasteiger partial charge in [-0.25, -0.2) is 0 Å². The van der Waals surface area contributed by atoms with Crippen LogP contribution in [0.2, 0.25) is 0 Å². The Morgan fingerprint density at radius 3 is 2.31 bits per heavy atom. The van der Waals surface area contributed by atoms with Gasteiger partial charge in [0, 0.05) is 5.41 Å². The van der Waals surface area contributed by atoms with Crippen molar-refractivity contribution in [3.8, 4) is 0 Å². The monoisotopic (exact) mass is 215 g/mol. The molecule has 0 bridgehead atoms. The predicted octanol–water partition coefficient (Wildman–Crippen LogP) is 4.65. The van der Waals surface area contributed by atoms with E-state index in [9.17, 15) is 0 Å². The van der Waals surface area contributed by atoms with Crippen LogP contribution in [0.15, 0.2) is 41.4 Å². The number of para-hydroxylation sites is 1. The van der Waals surface area contributed by atoms with E-state index in [1.54, 1.807) is 0 Å². The Morgan fingerprint density at radius 2 is 1.75 bits per heavy atom. The Morgan fingerprint density at radius 1 is 1.12 bits per heavy atom. The third-order valence-electron chi connectivity index (χ3n) is 2.78. The number of hydrogen-bond donors (Lipinski definition) is 0. The zero-order valence-electron chi connectivity index (χ0n) is 10.9. The fourth-order valence-corrected chi connectivity index (χ4v) is 1.91. The third kappa shape index (κ3) is 2.08. The first-order valence-corrected chi connectivity index (χ1v) is 5.97. The second-order valence-electron chi connectivity index (χ2n) is 4.14. The van der Waals surface area contributed by atoms with E-state index in [0.717, 1.165) is 11.4 Å². The topological polar surface area (TPSA) is 12.4 Å². The van der Waals surface area contributed by atoms with E-state index < -0.39 is 0 Å². The lowest BCUT2D eigenvalue weighted by molar-refractivity contribution is 0.740. The maximum Gasteiger partial charge on any atom is 0.0674 e. The van der Waals surface area contributed by atoms with Gasteiger partial charge in [-0.2, -0.15) is 0 Å². The number of aliphatic imine (C=N–C) groups is 1. The highest BCUT2D eigenvalue weighted by Crippen LogP contribution is 2.39. The van der Waals surface area contributed by atoms with Crippen LogP contribution in [0.5, 0.6) is 0 Å². The first-order chi connectivity index (χ1) is 7.66. The molecule has 1 aromatic rings. The van der Waals surface area contributed by atoms with Crippen molar-refractivity contribution < 1.29 is 0 Å². The number of rotatable bonds is 1. The van der Waals surface area contributed by atoms with Crippen LogP contribution in [0.25, 0.3) is 0 Å². The lowest BCUT2D eigenvalue weighted by Crippen LogP contribution is -2.23. The Hall–Kier alpha value is -1.37. The van der Waals surface area contributed by atoms with Crippen LogP contribution in [0.1, 0.15) is 40.2 Å². The fourth-order valence-electron chi connectivity index (χ4n) is 1.91. The maximum absolute atomic E-state index is 4.62. The molecule has 0 aromatic heterocycles. The molecule has 0 saturated heterocycles. The van der Waals surface area contributed by atoms with Gasteiger partial charge in [0.25, 0.3) is 0 Å². The van der Waals surface area contributed by atoms with Gasteiger partial charge in [0.05, 0.1) is 11.4 Å². The summed E-state index contributed by atoms with van der Waals surface area (Å²) < 4.78 is 0. The molecule has 1 nitrogen and oxygen atoms in total.